The molecule has 0 N–H and O–H groups in total. The molecular formula is C18H22N2OS. The molecule has 0 radical (unpaired) electrons. The lowest BCUT2D eigenvalue weighted by Crippen LogP contribution is -2.06. The molecule has 4 heteroatoms. The summed E-state index contributed by atoms with van der Waals surface area (Å²) in [6.07, 6.45) is 2.83. The lowest BCUT2D eigenvalue weighted by molar-refractivity contribution is 0.101. The summed E-state index contributed by atoms with van der Waals surface area (Å²) in [4.78, 5) is 21.1. The molecule has 0 saturated carbocycles. The number of thiazole rings is 1. The maximum Gasteiger partial charge on any atom is 0.161 e. The van der Waals surface area contributed by atoms with E-state index in [-0.39, 0.29) is 5.78 Å². The number of carbonyl (C=O) groups excluding carboxylic acids is 1. The average Bonchev–Trinajstić information content (AvgIpc) is 3.01. The zero-order valence-electron chi connectivity index (χ0n) is 13.8. The Bertz CT molecular complexity index is 702. The minimum atomic E-state index is 0.0458. The number of benzene rings is 1. The van der Waals surface area contributed by atoms with Gasteiger partial charge in [-0.3, -0.25) is 9.79 Å². The highest BCUT2D eigenvalue weighted by molar-refractivity contribution is 7.13. The maximum absolute atomic E-state index is 12.0. The van der Waals surface area contributed by atoms with Crippen LogP contribution in [0.25, 0.3) is 10.6 Å². The van der Waals surface area contributed by atoms with Crippen LogP contribution in [0.3, 0.4) is 0 Å². The third kappa shape index (κ3) is 3.33. The second-order valence-corrected chi connectivity index (χ2v) is 6.48. The molecule has 3 nitrogen and oxygen atoms in total. The summed E-state index contributed by atoms with van der Waals surface area (Å²) in [6, 6.07) is 3.84. The highest BCUT2D eigenvalue weighted by Gasteiger charge is 2.16. The Morgan fingerprint density at radius 1 is 1.36 bits per heavy atom. The molecule has 0 aliphatic heterocycles. The summed E-state index contributed by atoms with van der Waals surface area (Å²) in [6.45, 7) is 9.95. The Hall–Kier alpha value is -1.81. The molecule has 1 aromatic carbocycles. The number of hydrogen-bond acceptors (Lipinski definition) is 4. The number of rotatable bonds is 5. The molecule has 0 spiro atoms. The van der Waals surface area contributed by atoms with Crippen LogP contribution in [0.15, 0.2) is 28.7 Å². The van der Waals surface area contributed by atoms with E-state index in [4.69, 9.17) is 4.99 Å². The Labute approximate surface area is 136 Å². The molecule has 2 aromatic rings. The van der Waals surface area contributed by atoms with E-state index in [9.17, 15) is 4.79 Å². The SMILES string of the molecule is CCC(C)/C(C)=N\c1c(C(C)=O)ccc(-c2nccs2)c1C. The van der Waals surface area contributed by atoms with Gasteiger partial charge in [-0.15, -0.1) is 11.3 Å². The number of aromatic nitrogens is 1. The molecule has 1 aromatic heterocycles. The fourth-order valence-corrected chi connectivity index (χ4v) is 3.02. The Balaban J connectivity index is 2.63. The van der Waals surface area contributed by atoms with Crippen LogP contribution in [0.5, 0.6) is 0 Å². The fraction of sp³-hybridized carbons (Fsp3) is 0.389. The van der Waals surface area contributed by atoms with Gasteiger partial charge in [0.1, 0.15) is 5.01 Å². The summed E-state index contributed by atoms with van der Waals surface area (Å²) in [5.41, 5.74) is 4.60. The van der Waals surface area contributed by atoms with E-state index in [1.165, 1.54) is 0 Å². The van der Waals surface area contributed by atoms with Crippen molar-refractivity contribution in [1.82, 2.24) is 4.98 Å². The Kier molecular flexibility index (Phi) is 5.24. The molecule has 0 aliphatic carbocycles. The van der Waals surface area contributed by atoms with Crippen molar-refractivity contribution in [3.63, 3.8) is 0 Å². The zero-order chi connectivity index (χ0) is 16.3. The second-order valence-electron chi connectivity index (χ2n) is 5.59. The topological polar surface area (TPSA) is 42.3 Å². The highest BCUT2D eigenvalue weighted by atomic mass is 32.1. The molecule has 0 amide bonds. The molecule has 1 atom stereocenters. The molecule has 2 rings (SSSR count). The Morgan fingerprint density at radius 2 is 2.09 bits per heavy atom. The quantitative estimate of drug-likeness (QED) is 0.543. The van der Waals surface area contributed by atoms with Crippen LogP contribution in [0.1, 0.15) is 50.0 Å². The van der Waals surface area contributed by atoms with Gasteiger partial charge in [-0.05, 0) is 44.7 Å². The van der Waals surface area contributed by atoms with Gasteiger partial charge in [-0.2, -0.15) is 0 Å². The number of aliphatic imine (C=N–C) groups is 1. The van der Waals surface area contributed by atoms with Gasteiger partial charge in [0, 0.05) is 28.4 Å². The molecule has 0 bridgehead atoms. The predicted molar refractivity (Wildman–Crippen MR) is 94.5 cm³/mol. The maximum atomic E-state index is 12.0. The van der Waals surface area contributed by atoms with Crippen molar-refractivity contribution in [2.45, 2.75) is 41.0 Å². The molecule has 0 fully saturated rings. The zero-order valence-corrected chi connectivity index (χ0v) is 14.6. The van der Waals surface area contributed by atoms with Crippen molar-refractivity contribution in [2.24, 2.45) is 10.9 Å². The molecule has 0 aliphatic rings. The first-order valence-corrected chi connectivity index (χ1v) is 8.43. The number of ketones is 1. The minimum Gasteiger partial charge on any atom is -0.294 e. The van der Waals surface area contributed by atoms with Gasteiger partial charge in [0.05, 0.1) is 5.69 Å². The molecule has 116 valence electrons. The van der Waals surface area contributed by atoms with Crippen LogP contribution < -0.4 is 0 Å². The minimum absolute atomic E-state index is 0.0458. The first kappa shape index (κ1) is 16.6. The third-order valence-corrected chi connectivity index (χ3v) is 4.89. The number of nitrogens with zero attached hydrogens (tertiary/aromatic N) is 2. The summed E-state index contributed by atoms with van der Waals surface area (Å²) in [5.74, 6) is 0.451. The first-order valence-electron chi connectivity index (χ1n) is 7.55. The van der Waals surface area contributed by atoms with Gasteiger partial charge >= 0.3 is 0 Å². The molecule has 1 heterocycles. The van der Waals surface area contributed by atoms with Crippen LogP contribution in [0.4, 0.5) is 5.69 Å². The number of carbonyl (C=O) groups is 1. The summed E-state index contributed by atoms with van der Waals surface area (Å²) < 4.78 is 0. The van der Waals surface area contributed by atoms with Crippen molar-refractivity contribution in [3.8, 4) is 10.6 Å². The average molecular weight is 314 g/mol. The van der Waals surface area contributed by atoms with E-state index in [1.807, 2.05) is 31.4 Å². The monoisotopic (exact) mass is 314 g/mol. The number of Topliss-reactive ketones (excluding diaryl/α,β-unsaturated/α-hetero) is 1. The van der Waals surface area contributed by atoms with E-state index in [0.717, 1.165) is 34.0 Å². The first-order chi connectivity index (χ1) is 10.5. The van der Waals surface area contributed by atoms with Gasteiger partial charge in [0.2, 0.25) is 0 Å². The molecule has 0 saturated heterocycles. The summed E-state index contributed by atoms with van der Waals surface area (Å²) in [5, 5.41) is 2.92. The van der Waals surface area contributed by atoms with E-state index in [2.05, 4.69) is 18.8 Å². The van der Waals surface area contributed by atoms with Gasteiger partial charge in [-0.25, -0.2) is 4.98 Å². The van der Waals surface area contributed by atoms with Crippen LogP contribution in [-0.2, 0) is 0 Å². The second kappa shape index (κ2) is 6.97. The fourth-order valence-electron chi connectivity index (χ4n) is 2.30. The lowest BCUT2D eigenvalue weighted by Gasteiger charge is -2.14. The standard InChI is InChI=1S/C18H22N2OS/c1-6-11(2)13(4)20-17-12(3)15(18-19-9-10-22-18)7-8-16(17)14(5)21/h7-11H,6H2,1-5H3/b20-13-. The lowest BCUT2D eigenvalue weighted by atomic mass is 9.99. The Morgan fingerprint density at radius 3 is 2.64 bits per heavy atom. The highest BCUT2D eigenvalue weighted by Crippen LogP contribution is 2.35. The van der Waals surface area contributed by atoms with Crippen molar-refractivity contribution < 1.29 is 4.79 Å². The van der Waals surface area contributed by atoms with Gasteiger partial charge in [-0.1, -0.05) is 19.9 Å². The van der Waals surface area contributed by atoms with Crippen molar-refractivity contribution in [1.29, 1.82) is 0 Å². The van der Waals surface area contributed by atoms with Crippen LogP contribution in [0, 0.1) is 12.8 Å². The normalized spacial score (nSPS) is 13.2. The van der Waals surface area contributed by atoms with Crippen LogP contribution in [0.2, 0.25) is 0 Å². The van der Waals surface area contributed by atoms with Crippen molar-refractivity contribution in [3.05, 3.63) is 34.8 Å². The number of hydrogen-bond donors (Lipinski definition) is 0. The smallest absolute Gasteiger partial charge is 0.161 e. The third-order valence-electron chi connectivity index (χ3n) is 4.09. The van der Waals surface area contributed by atoms with E-state index >= 15 is 0 Å². The van der Waals surface area contributed by atoms with E-state index < -0.39 is 0 Å². The van der Waals surface area contributed by atoms with Gasteiger partial charge < -0.3 is 0 Å². The van der Waals surface area contributed by atoms with E-state index in [1.54, 1.807) is 24.5 Å². The summed E-state index contributed by atoms with van der Waals surface area (Å²) in [7, 11) is 0. The largest absolute Gasteiger partial charge is 0.294 e. The molecule has 1 unspecified atom stereocenters. The molecular weight excluding hydrogens is 292 g/mol. The van der Waals surface area contributed by atoms with Crippen LogP contribution >= 0.6 is 11.3 Å². The molecule has 22 heavy (non-hydrogen) atoms. The van der Waals surface area contributed by atoms with Crippen molar-refractivity contribution in [2.75, 3.05) is 0 Å². The van der Waals surface area contributed by atoms with E-state index in [0.29, 0.717) is 11.5 Å². The van der Waals surface area contributed by atoms with Crippen LogP contribution in [-0.4, -0.2) is 16.5 Å². The van der Waals surface area contributed by atoms with Crippen molar-refractivity contribution >= 4 is 28.5 Å². The predicted octanol–water partition coefficient (Wildman–Crippen LogP) is 5.46. The van der Waals surface area contributed by atoms with Gasteiger partial charge in [0.15, 0.2) is 5.78 Å². The van der Waals surface area contributed by atoms with Gasteiger partial charge in [0.25, 0.3) is 0 Å². The summed E-state index contributed by atoms with van der Waals surface area (Å²) >= 11 is 1.60.